The van der Waals surface area contributed by atoms with Crippen LogP contribution in [-0.2, 0) is 13.6 Å². The highest BCUT2D eigenvalue weighted by Gasteiger charge is 2.26. The Morgan fingerprint density at radius 1 is 1.12 bits per heavy atom. The van der Waals surface area contributed by atoms with E-state index >= 15 is 0 Å². The smallest absolute Gasteiger partial charge is 0.257 e. The van der Waals surface area contributed by atoms with Crippen LogP contribution in [0.1, 0.15) is 27.3 Å². The minimum absolute atomic E-state index is 0.0690. The molecule has 1 amide bonds. The Bertz CT molecular complexity index is 730. The normalized spacial score (nSPS) is 15.8. The number of hydrogen-bond acceptors (Lipinski definition) is 3. The van der Waals surface area contributed by atoms with Gasteiger partial charge in [0, 0.05) is 45.5 Å². The quantitative estimate of drug-likeness (QED) is 0.866. The summed E-state index contributed by atoms with van der Waals surface area (Å²) in [5.41, 5.74) is 3.51. The molecule has 0 radical (unpaired) electrons. The third kappa shape index (κ3) is 3.33. The lowest BCUT2D eigenvalue weighted by Gasteiger charge is -2.34. The van der Waals surface area contributed by atoms with Crippen molar-refractivity contribution in [3.05, 3.63) is 52.6 Å². The van der Waals surface area contributed by atoms with E-state index in [-0.39, 0.29) is 11.7 Å². The predicted molar refractivity (Wildman–Crippen MR) is 90.3 cm³/mol. The van der Waals surface area contributed by atoms with Crippen molar-refractivity contribution >= 4 is 5.91 Å². The fraction of sp³-hybridized carbons (Fsp3) is 0.444. The molecule has 3 rings (SSSR count). The van der Waals surface area contributed by atoms with Crippen molar-refractivity contribution in [1.29, 1.82) is 0 Å². The molecule has 0 spiro atoms. The standard InChI is InChI=1S/C18H23FN4O/c1-13-17(14(2)21(3)20-13)18(24)23-10-8-22(9-11-23)12-15-4-6-16(19)7-5-15/h4-7H,8-12H2,1-3H3. The molecule has 0 saturated carbocycles. The highest BCUT2D eigenvalue weighted by Crippen LogP contribution is 2.17. The van der Waals surface area contributed by atoms with Gasteiger partial charge >= 0.3 is 0 Å². The summed E-state index contributed by atoms with van der Waals surface area (Å²) in [5.74, 6) is -0.143. The molecule has 1 fully saturated rings. The van der Waals surface area contributed by atoms with E-state index in [4.69, 9.17) is 0 Å². The summed E-state index contributed by atoms with van der Waals surface area (Å²) in [4.78, 5) is 17.0. The third-order valence-electron chi connectivity index (χ3n) is 4.70. The number of amides is 1. The Hall–Kier alpha value is -2.21. The molecule has 0 unspecified atom stereocenters. The molecule has 6 heteroatoms. The molecule has 1 aliphatic heterocycles. The molecule has 0 aliphatic carbocycles. The largest absolute Gasteiger partial charge is 0.336 e. The van der Waals surface area contributed by atoms with Crippen molar-refractivity contribution in [1.82, 2.24) is 19.6 Å². The number of aryl methyl sites for hydroxylation is 2. The Morgan fingerprint density at radius 3 is 2.29 bits per heavy atom. The minimum atomic E-state index is -0.212. The molecule has 0 bridgehead atoms. The number of carbonyl (C=O) groups excluding carboxylic acids is 1. The Balaban J connectivity index is 1.60. The molecule has 1 saturated heterocycles. The zero-order valence-corrected chi connectivity index (χ0v) is 14.4. The average molecular weight is 330 g/mol. The van der Waals surface area contributed by atoms with E-state index < -0.39 is 0 Å². The molecule has 2 aromatic rings. The Kier molecular flexibility index (Phi) is 4.66. The van der Waals surface area contributed by atoms with E-state index in [1.54, 1.807) is 4.68 Å². The topological polar surface area (TPSA) is 41.4 Å². The number of rotatable bonds is 3. The van der Waals surface area contributed by atoms with Gasteiger partial charge in [-0.2, -0.15) is 5.10 Å². The van der Waals surface area contributed by atoms with Gasteiger partial charge in [-0.1, -0.05) is 12.1 Å². The molecule has 24 heavy (non-hydrogen) atoms. The number of carbonyl (C=O) groups is 1. The van der Waals surface area contributed by atoms with Gasteiger partial charge in [0.1, 0.15) is 5.82 Å². The first-order chi connectivity index (χ1) is 11.5. The van der Waals surface area contributed by atoms with Crippen molar-refractivity contribution in [2.45, 2.75) is 20.4 Å². The van der Waals surface area contributed by atoms with Crippen molar-refractivity contribution in [2.24, 2.45) is 7.05 Å². The van der Waals surface area contributed by atoms with Crippen LogP contribution in [0.25, 0.3) is 0 Å². The summed E-state index contributed by atoms with van der Waals surface area (Å²) in [6, 6.07) is 6.61. The van der Waals surface area contributed by atoms with Crippen molar-refractivity contribution in [2.75, 3.05) is 26.2 Å². The van der Waals surface area contributed by atoms with Crippen LogP contribution in [0, 0.1) is 19.7 Å². The van der Waals surface area contributed by atoms with E-state index in [9.17, 15) is 9.18 Å². The van der Waals surface area contributed by atoms with Crippen LogP contribution in [0.5, 0.6) is 0 Å². The van der Waals surface area contributed by atoms with Crippen LogP contribution in [0.4, 0.5) is 4.39 Å². The highest BCUT2D eigenvalue weighted by molar-refractivity contribution is 5.96. The summed E-state index contributed by atoms with van der Waals surface area (Å²) >= 11 is 0. The molecule has 128 valence electrons. The molecule has 0 N–H and O–H groups in total. The molecule has 5 nitrogen and oxygen atoms in total. The van der Waals surface area contributed by atoms with Crippen molar-refractivity contribution in [3.63, 3.8) is 0 Å². The van der Waals surface area contributed by atoms with Gasteiger partial charge in [-0.05, 0) is 31.5 Å². The number of benzene rings is 1. The second kappa shape index (κ2) is 6.73. The van der Waals surface area contributed by atoms with Gasteiger partial charge in [0.2, 0.25) is 0 Å². The van der Waals surface area contributed by atoms with E-state index in [1.807, 2.05) is 37.9 Å². The molecule has 1 aromatic heterocycles. The van der Waals surface area contributed by atoms with Crippen molar-refractivity contribution < 1.29 is 9.18 Å². The first kappa shape index (κ1) is 16.6. The number of piperazine rings is 1. The minimum Gasteiger partial charge on any atom is -0.336 e. The van der Waals surface area contributed by atoms with Gasteiger partial charge in [0.25, 0.3) is 5.91 Å². The first-order valence-corrected chi connectivity index (χ1v) is 8.22. The molecule has 1 aromatic carbocycles. The van der Waals surface area contributed by atoms with Crippen LogP contribution in [0.2, 0.25) is 0 Å². The molecule has 0 atom stereocenters. The predicted octanol–water partition coefficient (Wildman–Crippen LogP) is 2.13. The number of nitrogens with zero attached hydrogens (tertiary/aromatic N) is 4. The zero-order valence-electron chi connectivity index (χ0n) is 14.4. The van der Waals surface area contributed by atoms with Crippen molar-refractivity contribution in [3.8, 4) is 0 Å². The van der Waals surface area contributed by atoms with Crippen LogP contribution >= 0.6 is 0 Å². The van der Waals surface area contributed by atoms with Crippen LogP contribution in [0.3, 0.4) is 0 Å². The summed E-state index contributed by atoms with van der Waals surface area (Å²) < 4.78 is 14.7. The summed E-state index contributed by atoms with van der Waals surface area (Å²) in [6.07, 6.45) is 0. The average Bonchev–Trinajstić information content (AvgIpc) is 2.82. The Labute approximate surface area is 141 Å². The molecular weight excluding hydrogens is 307 g/mol. The maximum atomic E-state index is 13.0. The monoisotopic (exact) mass is 330 g/mol. The second-order valence-electron chi connectivity index (χ2n) is 6.36. The van der Waals surface area contributed by atoms with Crippen LogP contribution in [0.15, 0.2) is 24.3 Å². The lowest BCUT2D eigenvalue weighted by atomic mass is 10.1. The zero-order chi connectivity index (χ0) is 17.3. The lowest BCUT2D eigenvalue weighted by molar-refractivity contribution is 0.0627. The maximum absolute atomic E-state index is 13.0. The van der Waals surface area contributed by atoms with Gasteiger partial charge in [-0.25, -0.2) is 4.39 Å². The SMILES string of the molecule is Cc1nn(C)c(C)c1C(=O)N1CCN(Cc2ccc(F)cc2)CC1. The lowest BCUT2D eigenvalue weighted by Crippen LogP contribution is -2.48. The fourth-order valence-corrected chi connectivity index (χ4v) is 3.20. The number of hydrogen-bond donors (Lipinski definition) is 0. The summed E-state index contributed by atoms with van der Waals surface area (Å²) in [7, 11) is 1.86. The Morgan fingerprint density at radius 2 is 1.75 bits per heavy atom. The number of aromatic nitrogens is 2. The molecular formula is C18H23FN4O. The summed E-state index contributed by atoms with van der Waals surface area (Å²) in [5, 5.41) is 4.33. The van der Waals surface area contributed by atoms with Gasteiger partial charge in [0.15, 0.2) is 0 Å². The second-order valence-corrected chi connectivity index (χ2v) is 6.36. The van der Waals surface area contributed by atoms with Gasteiger partial charge in [-0.3, -0.25) is 14.4 Å². The maximum Gasteiger partial charge on any atom is 0.257 e. The molecule has 1 aliphatic rings. The van der Waals surface area contributed by atoms with Crippen LogP contribution < -0.4 is 0 Å². The third-order valence-corrected chi connectivity index (χ3v) is 4.70. The van der Waals surface area contributed by atoms with Gasteiger partial charge in [0.05, 0.1) is 11.3 Å². The molecule has 2 heterocycles. The van der Waals surface area contributed by atoms with E-state index in [0.29, 0.717) is 13.1 Å². The van der Waals surface area contributed by atoms with E-state index in [2.05, 4.69) is 10.00 Å². The van der Waals surface area contributed by atoms with Gasteiger partial charge in [-0.15, -0.1) is 0 Å². The fourth-order valence-electron chi connectivity index (χ4n) is 3.20. The van der Waals surface area contributed by atoms with Gasteiger partial charge < -0.3 is 4.90 Å². The number of halogens is 1. The van der Waals surface area contributed by atoms with Crippen LogP contribution in [-0.4, -0.2) is 51.7 Å². The summed E-state index contributed by atoms with van der Waals surface area (Å²) in [6.45, 7) is 7.64. The first-order valence-electron chi connectivity index (χ1n) is 8.22. The highest BCUT2D eigenvalue weighted by atomic mass is 19.1. The van der Waals surface area contributed by atoms with E-state index in [0.717, 1.165) is 42.1 Å². The van der Waals surface area contributed by atoms with E-state index in [1.165, 1.54) is 12.1 Å².